The van der Waals surface area contributed by atoms with E-state index in [0.29, 0.717) is 6.42 Å². The van der Waals surface area contributed by atoms with Crippen LogP contribution >= 0.6 is 0 Å². The molecule has 0 saturated carbocycles. The fraction of sp³-hybridized carbons (Fsp3) is 0.214. The molecule has 0 fully saturated rings. The third-order valence-electron chi connectivity index (χ3n) is 2.64. The highest BCUT2D eigenvalue weighted by Crippen LogP contribution is 2.15. The largest absolute Gasteiger partial charge is 0.370 e. The van der Waals surface area contributed by atoms with Crippen LogP contribution in [0.1, 0.15) is 18.4 Å². The second-order valence-electron chi connectivity index (χ2n) is 4.08. The lowest BCUT2D eigenvalue weighted by atomic mass is 10.1. The topological polar surface area (TPSA) is 68.9 Å². The molecule has 0 saturated heterocycles. The molecule has 2 heterocycles. The highest BCUT2D eigenvalue weighted by Gasteiger charge is 2.02. The summed E-state index contributed by atoms with van der Waals surface area (Å²) in [5.41, 5.74) is 7.97. The summed E-state index contributed by atoms with van der Waals surface area (Å²) in [6, 6.07) is 9.69. The fourth-order valence-electron chi connectivity index (χ4n) is 1.75. The van der Waals surface area contributed by atoms with Gasteiger partial charge in [-0.25, -0.2) is 0 Å². The first kappa shape index (κ1) is 12.2. The van der Waals surface area contributed by atoms with E-state index in [-0.39, 0.29) is 5.91 Å². The van der Waals surface area contributed by atoms with Crippen molar-refractivity contribution in [3.8, 4) is 11.4 Å². The van der Waals surface area contributed by atoms with Gasteiger partial charge >= 0.3 is 0 Å². The molecule has 2 rings (SSSR count). The average Bonchev–Trinajstić information content (AvgIpc) is 2.40. The van der Waals surface area contributed by atoms with Crippen LogP contribution in [0.15, 0.2) is 42.7 Å². The highest BCUT2D eigenvalue weighted by atomic mass is 16.1. The van der Waals surface area contributed by atoms with Gasteiger partial charge in [0, 0.05) is 18.8 Å². The third-order valence-corrected chi connectivity index (χ3v) is 2.64. The van der Waals surface area contributed by atoms with E-state index in [2.05, 4.69) is 9.97 Å². The van der Waals surface area contributed by atoms with E-state index in [9.17, 15) is 4.79 Å². The van der Waals surface area contributed by atoms with Gasteiger partial charge in [-0.3, -0.25) is 14.8 Å². The molecule has 4 heteroatoms. The average molecular weight is 241 g/mol. The van der Waals surface area contributed by atoms with Gasteiger partial charge in [-0.05, 0) is 42.7 Å². The maximum absolute atomic E-state index is 10.7. The van der Waals surface area contributed by atoms with Crippen molar-refractivity contribution in [1.82, 2.24) is 9.97 Å². The molecule has 4 nitrogen and oxygen atoms in total. The van der Waals surface area contributed by atoms with Crippen molar-refractivity contribution in [1.29, 1.82) is 0 Å². The number of hydrogen-bond donors (Lipinski definition) is 1. The number of carbonyl (C=O) groups excluding carboxylic acids is 1. The van der Waals surface area contributed by atoms with Crippen LogP contribution in [0.3, 0.4) is 0 Å². The van der Waals surface area contributed by atoms with Crippen molar-refractivity contribution in [2.75, 3.05) is 0 Å². The first-order valence-electron chi connectivity index (χ1n) is 5.90. The highest BCUT2D eigenvalue weighted by molar-refractivity contribution is 5.73. The standard InChI is InChI=1S/C14H15N3O/c15-14(18)6-3-4-11-7-9-17-13(10-11)12-5-1-2-8-16-12/h1-2,5,7-10H,3-4,6H2,(H2,15,18). The number of primary amides is 1. The summed E-state index contributed by atoms with van der Waals surface area (Å²) < 4.78 is 0. The molecule has 0 radical (unpaired) electrons. The van der Waals surface area contributed by atoms with Crippen LogP contribution in [-0.2, 0) is 11.2 Å². The van der Waals surface area contributed by atoms with E-state index in [1.165, 1.54) is 0 Å². The number of aryl methyl sites for hydroxylation is 1. The van der Waals surface area contributed by atoms with E-state index in [1.54, 1.807) is 12.4 Å². The maximum Gasteiger partial charge on any atom is 0.217 e. The maximum atomic E-state index is 10.7. The normalized spacial score (nSPS) is 10.2. The molecule has 2 aromatic heterocycles. The minimum Gasteiger partial charge on any atom is -0.370 e. The number of hydrogen-bond acceptors (Lipinski definition) is 3. The lowest BCUT2D eigenvalue weighted by Gasteiger charge is -2.03. The van der Waals surface area contributed by atoms with Gasteiger partial charge in [0.15, 0.2) is 0 Å². The molecule has 0 spiro atoms. The van der Waals surface area contributed by atoms with E-state index >= 15 is 0 Å². The number of carbonyl (C=O) groups is 1. The molecule has 0 bridgehead atoms. The molecule has 2 N–H and O–H groups in total. The summed E-state index contributed by atoms with van der Waals surface area (Å²) in [6.07, 6.45) is 5.52. The summed E-state index contributed by atoms with van der Waals surface area (Å²) in [5, 5.41) is 0. The molecule has 0 aromatic carbocycles. The Balaban J connectivity index is 2.08. The molecular formula is C14H15N3O. The Hall–Kier alpha value is -2.23. The summed E-state index contributed by atoms with van der Waals surface area (Å²) >= 11 is 0. The molecule has 1 amide bonds. The monoisotopic (exact) mass is 241 g/mol. The summed E-state index contributed by atoms with van der Waals surface area (Å²) in [7, 11) is 0. The van der Waals surface area contributed by atoms with Gasteiger partial charge in [0.05, 0.1) is 11.4 Å². The third kappa shape index (κ3) is 3.38. The zero-order valence-corrected chi connectivity index (χ0v) is 10.0. The minimum atomic E-state index is -0.256. The number of rotatable bonds is 5. The van der Waals surface area contributed by atoms with Crippen LogP contribution in [0.4, 0.5) is 0 Å². The molecule has 0 aliphatic heterocycles. The predicted octanol–water partition coefficient (Wildman–Crippen LogP) is 1.95. The van der Waals surface area contributed by atoms with E-state index in [0.717, 1.165) is 29.8 Å². The molecule has 0 unspecified atom stereocenters. The van der Waals surface area contributed by atoms with Gasteiger partial charge < -0.3 is 5.73 Å². The second kappa shape index (κ2) is 5.91. The van der Waals surface area contributed by atoms with Gasteiger partial charge in [-0.2, -0.15) is 0 Å². The first-order valence-corrected chi connectivity index (χ1v) is 5.90. The van der Waals surface area contributed by atoms with Crippen molar-refractivity contribution in [2.24, 2.45) is 5.73 Å². The predicted molar refractivity (Wildman–Crippen MR) is 69.6 cm³/mol. The minimum absolute atomic E-state index is 0.256. The fourth-order valence-corrected chi connectivity index (χ4v) is 1.75. The van der Waals surface area contributed by atoms with Crippen molar-refractivity contribution in [2.45, 2.75) is 19.3 Å². The summed E-state index contributed by atoms with van der Waals surface area (Å²) in [4.78, 5) is 19.2. The number of nitrogens with zero attached hydrogens (tertiary/aromatic N) is 2. The van der Waals surface area contributed by atoms with E-state index in [1.807, 2.05) is 30.3 Å². The number of amides is 1. The van der Waals surface area contributed by atoms with Crippen LogP contribution in [0, 0.1) is 0 Å². The number of pyridine rings is 2. The molecule has 0 atom stereocenters. The Morgan fingerprint density at radius 3 is 2.67 bits per heavy atom. The Kier molecular flexibility index (Phi) is 4.02. The lowest BCUT2D eigenvalue weighted by Crippen LogP contribution is -2.10. The lowest BCUT2D eigenvalue weighted by molar-refractivity contribution is -0.118. The second-order valence-corrected chi connectivity index (χ2v) is 4.08. The van der Waals surface area contributed by atoms with Gasteiger partial charge in [-0.1, -0.05) is 6.07 Å². The van der Waals surface area contributed by atoms with Crippen LogP contribution < -0.4 is 5.73 Å². The number of nitrogens with two attached hydrogens (primary N) is 1. The van der Waals surface area contributed by atoms with Gasteiger partial charge in [-0.15, -0.1) is 0 Å². The molecule has 18 heavy (non-hydrogen) atoms. The van der Waals surface area contributed by atoms with Crippen LogP contribution in [-0.4, -0.2) is 15.9 Å². The van der Waals surface area contributed by atoms with Crippen LogP contribution in [0.25, 0.3) is 11.4 Å². The van der Waals surface area contributed by atoms with Gasteiger partial charge in [0.2, 0.25) is 5.91 Å². The molecule has 0 aliphatic carbocycles. The Bertz CT molecular complexity index is 526. The smallest absolute Gasteiger partial charge is 0.217 e. The van der Waals surface area contributed by atoms with Gasteiger partial charge in [0.25, 0.3) is 0 Å². The Labute approximate surface area is 106 Å². The van der Waals surface area contributed by atoms with Crippen molar-refractivity contribution < 1.29 is 4.79 Å². The summed E-state index contributed by atoms with van der Waals surface area (Å²) in [5.74, 6) is -0.256. The summed E-state index contributed by atoms with van der Waals surface area (Å²) in [6.45, 7) is 0. The zero-order valence-electron chi connectivity index (χ0n) is 10.0. The van der Waals surface area contributed by atoms with Crippen molar-refractivity contribution >= 4 is 5.91 Å². The van der Waals surface area contributed by atoms with E-state index < -0.39 is 0 Å². The van der Waals surface area contributed by atoms with Gasteiger partial charge in [0.1, 0.15) is 0 Å². The quantitative estimate of drug-likeness (QED) is 0.869. The molecular weight excluding hydrogens is 226 g/mol. The van der Waals surface area contributed by atoms with Crippen LogP contribution in [0.2, 0.25) is 0 Å². The zero-order chi connectivity index (χ0) is 12.8. The molecule has 2 aromatic rings. The van der Waals surface area contributed by atoms with Crippen molar-refractivity contribution in [3.63, 3.8) is 0 Å². The van der Waals surface area contributed by atoms with E-state index in [4.69, 9.17) is 5.73 Å². The molecule has 0 aliphatic rings. The molecule has 92 valence electrons. The first-order chi connectivity index (χ1) is 8.75. The van der Waals surface area contributed by atoms with Crippen LogP contribution in [0.5, 0.6) is 0 Å². The SMILES string of the molecule is NC(=O)CCCc1ccnc(-c2ccccn2)c1. The Morgan fingerprint density at radius 1 is 1.11 bits per heavy atom. The number of aromatic nitrogens is 2. The van der Waals surface area contributed by atoms with Crippen molar-refractivity contribution in [3.05, 3.63) is 48.3 Å². The Morgan fingerprint density at radius 2 is 1.94 bits per heavy atom.